The monoisotopic (exact) mass is 300 g/mol. The Hall–Kier alpha value is -1.11. The van der Waals surface area contributed by atoms with E-state index in [1.165, 1.54) is 0 Å². The maximum absolute atomic E-state index is 13.0. The van der Waals surface area contributed by atoms with Crippen molar-refractivity contribution in [2.24, 2.45) is 0 Å². The number of ketones is 1. The Morgan fingerprint density at radius 2 is 1.94 bits per heavy atom. The highest BCUT2D eigenvalue weighted by Crippen LogP contribution is 2.33. The van der Waals surface area contributed by atoms with Crippen LogP contribution in [0, 0.1) is 5.82 Å². The van der Waals surface area contributed by atoms with Crippen LogP contribution in [0.5, 0.6) is 5.75 Å². The van der Waals surface area contributed by atoms with Gasteiger partial charge in [-0.15, -0.1) is 13.2 Å². The molecule has 1 aromatic rings. The molecule has 1 aromatic carbocycles. The lowest BCUT2D eigenvalue weighted by molar-refractivity contribution is -0.274. The zero-order valence-electron chi connectivity index (χ0n) is 7.86. The van der Waals surface area contributed by atoms with Crippen molar-refractivity contribution in [3.05, 3.63) is 28.0 Å². The lowest BCUT2D eigenvalue weighted by Crippen LogP contribution is -2.19. The minimum Gasteiger partial charge on any atom is -0.405 e. The van der Waals surface area contributed by atoms with Gasteiger partial charge in [-0.25, -0.2) is 4.39 Å². The van der Waals surface area contributed by atoms with Crippen molar-refractivity contribution in [2.45, 2.75) is 13.3 Å². The van der Waals surface area contributed by atoms with E-state index in [1.807, 2.05) is 0 Å². The van der Waals surface area contributed by atoms with Crippen LogP contribution < -0.4 is 4.74 Å². The fourth-order valence-electron chi connectivity index (χ4n) is 1.07. The summed E-state index contributed by atoms with van der Waals surface area (Å²) in [6, 6.07) is 1.53. The second-order valence-electron chi connectivity index (χ2n) is 2.84. The third-order valence-electron chi connectivity index (χ3n) is 1.63. The number of hydrogen-bond acceptors (Lipinski definition) is 2. The normalized spacial score (nSPS) is 11.4. The topological polar surface area (TPSA) is 26.3 Å². The maximum atomic E-state index is 13.0. The zero-order chi connectivity index (χ0) is 12.5. The van der Waals surface area contributed by atoms with Gasteiger partial charge >= 0.3 is 6.36 Å². The Morgan fingerprint density at radius 1 is 1.38 bits per heavy atom. The largest absolute Gasteiger partial charge is 0.573 e. The van der Waals surface area contributed by atoms with Crippen LogP contribution in [-0.4, -0.2) is 12.1 Å². The highest BCUT2D eigenvalue weighted by Gasteiger charge is 2.33. The fraction of sp³-hybridized carbons (Fsp3) is 0.222. The van der Waals surface area contributed by atoms with Crippen molar-refractivity contribution in [2.75, 3.05) is 0 Å². The Kier molecular flexibility index (Phi) is 3.57. The Bertz CT molecular complexity index is 428. The van der Waals surface area contributed by atoms with Crippen LogP contribution in [0.25, 0.3) is 0 Å². The fourth-order valence-corrected chi connectivity index (χ4v) is 1.68. The van der Waals surface area contributed by atoms with Gasteiger partial charge in [0.1, 0.15) is 11.6 Å². The summed E-state index contributed by atoms with van der Waals surface area (Å²) in [5, 5.41) is 0. The van der Waals surface area contributed by atoms with Crippen LogP contribution in [0.2, 0.25) is 0 Å². The van der Waals surface area contributed by atoms with Crippen LogP contribution in [0.4, 0.5) is 17.6 Å². The van der Waals surface area contributed by atoms with E-state index < -0.39 is 29.3 Å². The van der Waals surface area contributed by atoms with Gasteiger partial charge in [0.25, 0.3) is 0 Å². The van der Waals surface area contributed by atoms with Gasteiger partial charge in [-0.1, -0.05) is 0 Å². The van der Waals surface area contributed by atoms with Gasteiger partial charge in [0.15, 0.2) is 5.78 Å². The van der Waals surface area contributed by atoms with Crippen LogP contribution in [-0.2, 0) is 0 Å². The van der Waals surface area contributed by atoms with E-state index >= 15 is 0 Å². The third-order valence-corrected chi connectivity index (χ3v) is 2.41. The lowest BCUT2D eigenvalue weighted by Gasteiger charge is -2.13. The van der Waals surface area contributed by atoms with E-state index in [1.54, 1.807) is 0 Å². The lowest BCUT2D eigenvalue weighted by atomic mass is 10.1. The van der Waals surface area contributed by atoms with Gasteiger partial charge in [-0.3, -0.25) is 4.79 Å². The van der Waals surface area contributed by atoms with Gasteiger partial charge in [-0.2, -0.15) is 0 Å². The van der Waals surface area contributed by atoms with Crippen molar-refractivity contribution < 1.29 is 27.1 Å². The molecule has 0 bridgehead atoms. The summed E-state index contributed by atoms with van der Waals surface area (Å²) in [6.07, 6.45) is -4.93. The smallest absolute Gasteiger partial charge is 0.405 e. The highest BCUT2D eigenvalue weighted by molar-refractivity contribution is 9.10. The summed E-state index contributed by atoms with van der Waals surface area (Å²) in [4.78, 5) is 11.1. The standard InChI is InChI=1S/C9H5BrF4O2/c1-4(15)7-6(16-9(12,13)14)3-2-5(11)8(7)10/h2-3H,1H3. The second-order valence-corrected chi connectivity index (χ2v) is 3.63. The number of ether oxygens (including phenoxy) is 1. The first kappa shape index (κ1) is 13.0. The molecule has 88 valence electrons. The summed E-state index contributed by atoms with van der Waals surface area (Å²) in [6.45, 7) is 1.02. The number of halogens is 5. The second kappa shape index (κ2) is 4.40. The van der Waals surface area contributed by atoms with Gasteiger partial charge in [-0.05, 0) is 35.0 Å². The average Bonchev–Trinajstić information content (AvgIpc) is 2.08. The van der Waals surface area contributed by atoms with E-state index in [0.29, 0.717) is 0 Å². The number of alkyl halides is 3. The molecule has 0 aliphatic rings. The SMILES string of the molecule is CC(=O)c1c(OC(F)(F)F)ccc(F)c1Br. The van der Waals surface area contributed by atoms with Gasteiger partial charge in [0.05, 0.1) is 10.0 Å². The minimum absolute atomic E-state index is 0.346. The molecule has 0 spiro atoms. The summed E-state index contributed by atoms with van der Waals surface area (Å²) >= 11 is 2.70. The molecule has 0 heterocycles. The molecule has 2 nitrogen and oxygen atoms in total. The number of rotatable bonds is 2. The van der Waals surface area contributed by atoms with E-state index in [9.17, 15) is 22.4 Å². The number of hydrogen-bond donors (Lipinski definition) is 0. The molecule has 0 atom stereocenters. The first-order valence-electron chi connectivity index (χ1n) is 3.97. The van der Waals surface area contributed by atoms with Crippen LogP contribution >= 0.6 is 15.9 Å². The van der Waals surface area contributed by atoms with Gasteiger partial charge in [0, 0.05) is 0 Å². The molecule has 0 amide bonds. The maximum Gasteiger partial charge on any atom is 0.573 e. The van der Waals surface area contributed by atoms with E-state index in [4.69, 9.17) is 0 Å². The number of carbonyl (C=O) groups is 1. The Balaban J connectivity index is 3.29. The Morgan fingerprint density at radius 3 is 2.38 bits per heavy atom. The highest BCUT2D eigenvalue weighted by atomic mass is 79.9. The van der Waals surface area contributed by atoms with Crippen molar-refractivity contribution in [3.63, 3.8) is 0 Å². The molecule has 0 unspecified atom stereocenters. The van der Waals surface area contributed by atoms with E-state index in [2.05, 4.69) is 20.7 Å². The predicted octanol–water partition coefficient (Wildman–Crippen LogP) is 3.69. The summed E-state index contributed by atoms with van der Waals surface area (Å²) in [5.74, 6) is -2.29. The number of benzene rings is 1. The van der Waals surface area contributed by atoms with Crippen LogP contribution in [0.1, 0.15) is 17.3 Å². The predicted molar refractivity (Wildman–Crippen MR) is 50.8 cm³/mol. The summed E-state index contributed by atoms with van der Waals surface area (Å²) in [5.41, 5.74) is -0.475. The quantitative estimate of drug-likeness (QED) is 0.615. The van der Waals surface area contributed by atoms with Crippen molar-refractivity contribution in [1.82, 2.24) is 0 Å². The molecule has 0 aromatic heterocycles. The molecular formula is C9H5BrF4O2. The molecule has 0 saturated heterocycles. The number of Topliss-reactive ketones (excluding diaryl/α,β-unsaturated/α-hetero) is 1. The zero-order valence-corrected chi connectivity index (χ0v) is 9.45. The minimum atomic E-state index is -4.93. The van der Waals surface area contributed by atoms with E-state index in [0.717, 1.165) is 19.1 Å². The summed E-state index contributed by atoms with van der Waals surface area (Å²) in [7, 11) is 0. The number of carbonyl (C=O) groups excluding carboxylic acids is 1. The molecule has 1 rings (SSSR count). The molecular weight excluding hydrogens is 296 g/mol. The molecule has 7 heteroatoms. The molecule has 0 aliphatic carbocycles. The molecule has 0 aliphatic heterocycles. The molecule has 0 fully saturated rings. The van der Waals surface area contributed by atoms with Gasteiger partial charge in [0.2, 0.25) is 0 Å². The van der Waals surface area contributed by atoms with E-state index in [-0.39, 0.29) is 4.47 Å². The van der Waals surface area contributed by atoms with Gasteiger partial charge < -0.3 is 4.74 Å². The van der Waals surface area contributed by atoms with Crippen LogP contribution in [0.15, 0.2) is 16.6 Å². The molecule has 0 N–H and O–H groups in total. The van der Waals surface area contributed by atoms with Crippen molar-refractivity contribution in [3.8, 4) is 5.75 Å². The third kappa shape index (κ3) is 2.94. The van der Waals surface area contributed by atoms with Crippen molar-refractivity contribution >= 4 is 21.7 Å². The first-order chi connectivity index (χ1) is 7.22. The first-order valence-corrected chi connectivity index (χ1v) is 4.76. The molecule has 0 radical (unpaired) electrons. The molecule has 0 saturated carbocycles. The van der Waals surface area contributed by atoms with Crippen molar-refractivity contribution in [1.29, 1.82) is 0 Å². The Labute approximate surface area is 96.3 Å². The summed E-state index contributed by atoms with van der Waals surface area (Å²) < 4.78 is 52.2. The molecule has 16 heavy (non-hydrogen) atoms. The van der Waals surface area contributed by atoms with Crippen LogP contribution in [0.3, 0.4) is 0 Å². The average molecular weight is 301 g/mol.